The van der Waals surface area contributed by atoms with E-state index in [1.165, 1.54) is 0 Å². The summed E-state index contributed by atoms with van der Waals surface area (Å²) in [5.41, 5.74) is 1.53. The first-order chi connectivity index (χ1) is 18.1. The Morgan fingerprint density at radius 1 is 1.26 bits per heavy atom. The molecule has 5 rings (SSSR count). The fraction of sp³-hybridized carbons (Fsp3) is 0.536. The van der Waals surface area contributed by atoms with Crippen LogP contribution in [-0.4, -0.2) is 73.7 Å². The summed E-state index contributed by atoms with van der Waals surface area (Å²) in [6.07, 6.45) is 2.38. The number of rotatable bonds is 6. The molecule has 204 valence electrons. The van der Waals surface area contributed by atoms with E-state index in [9.17, 15) is 19.4 Å². The van der Waals surface area contributed by atoms with E-state index in [4.69, 9.17) is 4.74 Å². The lowest BCUT2D eigenvalue weighted by Crippen LogP contribution is -2.42. The summed E-state index contributed by atoms with van der Waals surface area (Å²) in [7, 11) is 0. The van der Waals surface area contributed by atoms with Crippen LogP contribution >= 0.6 is 0 Å². The summed E-state index contributed by atoms with van der Waals surface area (Å²) in [5.74, 6) is -0.346. The smallest absolute Gasteiger partial charge is 0.223 e. The Bertz CT molecular complexity index is 1370. The standard InChI is InChI=1S/C28H36FN5O4/c1-17(2)34-19(15-33-9-7-28(3,37)8-10-33)13-24(35)20-5-4-18(12-23(20)34)26-21(29)14-30-27(32-26)31-22-6-11-38-16-25(22)36/h4-5,12-14,17,22,25,36-37H,6-11,15-16H2,1-3H3,(H,30,31,32)/t22-,25-/m1/s1. The largest absolute Gasteiger partial charge is 0.390 e. The number of halogens is 1. The molecule has 0 bridgehead atoms. The minimum Gasteiger partial charge on any atom is -0.390 e. The van der Waals surface area contributed by atoms with Crippen molar-refractivity contribution in [3.63, 3.8) is 0 Å². The average molecular weight is 526 g/mol. The molecule has 2 saturated heterocycles. The zero-order valence-electron chi connectivity index (χ0n) is 22.2. The number of ether oxygens (including phenoxy) is 1. The van der Waals surface area contributed by atoms with Gasteiger partial charge in [-0.3, -0.25) is 9.69 Å². The van der Waals surface area contributed by atoms with Crippen LogP contribution < -0.4 is 10.7 Å². The molecular weight excluding hydrogens is 489 g/mol. The number of pyridine rings is 1. The highest BCUT2D eigenvalue weighted by atomic mass is 19.1. The second-order valence-electron chi connectivity index (χ2n) is 11.0. The number of nitrogens with zero attached hydrogens (tertiary/aromatic N) is 4. The highest BCUT2D eigenvalue weighted by molar-refractivity contribution is 5.84. The number of hydrogen-bond donors (Lipinski definition) is 3. The number of hydrogen-bond acceptors (Lipinski definition) is 8. The summed E-state index contributed by atoms with van der Waals surface area (Å²) >= 11 is 0. The summed E-state index contributed by atoms with van der Waals surface area (Å²) in [6, 6.07) is 6.72. The van der Waals surface area contributed by atoms with Gasteiger partial charge in [-0.2, -0.15) is 0 Å². The predicted octanol–water partition coefficient (Wildman–Crippen LogP) is 3.09. The van der Waals surface area contributed by atoms with Crippen LogP contribution in [0, 0.1) is 5.82 Å². The van der Waals surface area contributed by atoms with Crippen LogP contribution in [0.3, 0.4) is 0 Å². The molecule has 0 radical (unpaired) electrons. The molecule has 0 spiro atoms. The molecule has 9 nitrogen and oxygen atoms in total. The van der Waals surface area contributed by atoms with Gasteiger partial charge in [0.2, 0.25) is 5.95 Å². The molecule has 3 N–H and O–H groups in total. The highest BCUT2D eigenvalue weighted by Gasteiger charge is 2.28. The van der Waals surface area contributed by atoms with Crippen molar-refractivity contribution in [2.75, 3.05) is 31.6 Å². The molecule has 2 aromatic heterocycles. The Morgan fingerprint density at radius 2 is 2.03 bits per heavy atom. The minimum absolute atomic E-state index is 0.0544. The van der Waals surface area contributed by atoms with Gasteiger partial charge in [-0.1, -0.05) is 6.07 Å². The first kappa shape index (κ1) is 26.7. The fourth-order valence-corrected chi connectivity index (χ4v) is 5.39. The number of anilines is 1. The molecule has 0 saturated carbocycles. The van der Waals surface area contributed by atoms with Gasteiger partial charge in [0, 0.05) is 55.0 Å². The van der Waals surface area contributed by atoms with E-state index in [1.807, 2.05) is 13.0 Å². The van der Waals surface area contributed by atoms with Crippen LogP contribution in [0.2, 0.25) is 0 Å². The summed E-state index contributed by atoms with van der Waals surface area (Å²) in [5, 5.41) is 24.2. The molecule has 2 fully saturated rings. The maximum absolute atomic E-state index is 15.0. The van der Waals surface area contributed by atoms with E-state index in [-0.39, 0.29) is 35.8 Å². The van der Waals surface area contributed by atoms with Crippen molar-refractivity contribution in [3.05, 3.63) is 52.2 Å². The molecule has 3 aromatic rings. The number of aliphatic hydroxyl groups is 2. The first-order valence-corrected chi connectivity index (χ1v) is 13.3. The molecule has 2 aliphatic rings. The molecule has 38 heavy (non-hydrogen) atoms. The molecule has 4 heterocycles. The SMILES string of the molecule is CC(C)n1c(CN2CCC(C)(O)CC2)cc(=O)c2ccc(-c3nc(N[C@@H]4CCOC[C@H]4O)ncc3F)cc21. The van der Waals surface area contributed by atoms with Crippen LogP contribution in [-0.2, 0) is 11.3 Å². The average Bonchev–Trinajstić information content (AvgIpc) is 2.87. The van der Waals surface area contributed by atoms with Crippen molar-refractivity contribution >= 4 is 16.9 Å². The van der Waals surface area contributed by atoms with E-state index in [0.29, 0.717) is 43.4 Å². The number of nitrogens with one attached hydrogen (secondary N) is 1. The third-order valence-electron chi connectivity index (χ3n) is 7.62. The van der Waals surface area contributed by atoms with Gasteiger partial charge < -0.3 is 24.8 Å². The summed E-state index contributed by atoms with van der Waals surface area (Å²) in [6.45, 7) is 8.82. The summed E-state index contributed by atoms with van der Waals surface area (Å²) in [4.78, 5) is 23.9. The van der Waals surface area contributed by atoms with Crippen LogP contribution in [0.15, 0.2) is 35.3 Å². The van der Waals surface area contributed by atoms with Crippen molar-refractivity contribution in [2.24, 2.45) is 0 Å². The van der Waals surface area contributed by atoms with Gasteiger partial charge in [0.25, 0.3) is 0 Å². The minimum atomic E-state index is -0.702. The van der Waals surface area contributed by atoms with Gasteiger partial charge in [-0.25, -0.2) is 14.4 Å². The molecular formula is C28H36FN5O4. The zero-order valence-corrected chi connectivity index (χ0v) is 22.2. The van der Waals surface area contributed by atoms with Crippen molar-refractivity contribution in [1.82, 2.24) is 19.4 Å². The van der Waals surface area contributed by atoms with Gasteiger partial charge in [0.05, 0.1) is 36.1 Å². The lowest BCUT2D eigenvalue weighted by molar-refractivity contribution is -0.0136. The fourth-order valence-electron chi connectivity index (χ4n) is 5.39. The van der Waals surface area contributed by atoms with E-state index in [2.05, 4.69) is 38.6 Å². The Labute approximate surface area is 221 Å². The number of fused-ring (bicyclic) bond motifs is 1. The topological polar surface area (TPSA) is 113 Å². The summed E-state index contributed by atoms with van der Waals surface area (Å²) < 4.78 is 22.4. The first-order valence-electron chi connectivity index (χ1n) is 13.3. The monoisotopic (exact) mass is 525 g/mol. The lowest BCUT2D eigenvalue weighted by Gasteiger charge is -2.36. The van der Waals surface area contributed by atoms with Crippen LogP contribution in [0.25, 0.3) is 22.2 Å². The maximum Gasteiger partial charge on any atom is 0.223 e. The van der Waals surface area contributed by atoms with Gasteiger partial charge in [0.1, 0.15) is 5.69 Å². The van der Waals surface area contributed by atoms with E-state index >= 15 is 0 Å². The Balaban J connectivity index is 1.51. The Kier molecular flexibility index (Phi) is 7.50. The zero-order chi connectivity index (χ0) is 27.0. The molecule has 0 unspecified atom stereocenters. The number of aliphatic hydroxyl groups excluding tert-OH is 1. The third-order valence-corrected chi connectivity index (χ3v) is 7.62. The van der Waals surface area contributed by atoms with Crippen LogP contribution in [0.5, 0.6) is 0 Å². The molecule has 2 aliphatic heterocycles. The van der Waals surface area contributed by atoms with Crippen molar-refractivity contribution in [2.45, 2.75) is 70.4 Å². The highest BCUT2D eigenvalue weighted by Crippen LogP contribution is 2.29. The van der Waals surface area contributed by atoms with Gasteiger partial charge in [-0.05, 0) is 52.2 Å². The lowest BCUT2D eigenvalue weighted by atomic mass is 9.94. The Morgan fingerprint density at radius 3 is 2.74 bits per heavy atom. The predicted molar refractivity (Wildman–Crippen MR) is 144 cm³/mol. The van der Waals surface area contributed by atoms with Gasteiger partial charge >= 0.3 is 0 Å². The number of likely N-dealkylation sites (tertiary alicyclic amines) is 1. The second kappa shape index (κ2) is 10.7. The maximum atomic E-state index is 15.0. The third kappa shape index (κ3) is 5.58. The van der Waals surface area contributed by atoms with E-state index in [1.54, 1.807) is 18.2 Å². The van der Waals surface area contributed by atoms with Crippen molar-refractivity contribution in [1.29, 1.82) is 0 Å². The van der Waals surface area contributed by atoms with Gasteiger partial charge in [0.15, 0.2) is 11.2 Å². The van der Waals surface area contributed by atoms with Crippen LogP contribution in [0.4, 0.5) is 10.3 Å². The number of piperidine rings is 1. The van der Waals surface area contributed by atoms with Crippen molar-refractivity contribution < 1.29 is 19.3 Å². The van der Waals surface area contributed by atoms with E-state index < -0.39 is 17.5 Å². The quantitative estimate of drug-likeness (QED) is 0.450. The number of aromatic nitrogens is 3. The molecule has 1 aromatic carbocycles. The molecule has 2 atom stereocenters. The van der Waals surface area contributed by atoms with Crippen LogP contribution in [0.1, 0.15) is 51.8 Å². The molecule has 0 amide bonds. The normalized spacial score (nSPS) is 22.2. The molecule has 0 aliphatic carbocycles. The molecule has 10 heteroatoms. The Hall–Kier alpha value is -2.92. The van der Waals surface area contributed by atoms with Crippen molar-refractivity contribution in [3.8, 4) is 11.3 Å². The van der Waals surface area contributed by atoms with E-state index in [0.717, 1.165) is 30.5 Å². The second-order valence-corrected chi connectivity index (χ2v) is 11.0. The van der Waals surface area contributed by atoms with Gasteiger partial charge in [-0.15, -0.1) is 0 Å². The number of benzene rings is 1.